The highest BCUT2D eigenvalue weighted by Gasteiger charge is 2.06. The predicted octanol–water partition coefficient (Wildman–Crippen LogP) is 3.42. The van der Waals surface area contributed by atoms with Gasteiger partial charge in [-0.25, -0.2) is 4.39 Å². The Balaban J connectivity index is 1.97. The predicted molar refractivity (Wildman–Crippen MR) is 89.9 cm³/mol. The number of rotatable bonds is 5. The molecule has 2 aromatic rings. The van der Waals surface area contributed by atoms with Crippen molar-refractivity contribution in [3.05, 3.63) is 65.5 Å². The molecule has 6 heteroatoms. The lowest BCUT2D eigenvalue weighted by molar-refractivity contribution is 0.386. The van der Waals surface area contributed by atoms with E-state index in [0.717, 1.165) is 11.3 Å². The quantitative estimate of drug-likeness (QED) is 0.522. The number of methoxy groups -OCH3 is 1. The van der Waals surface area contributed by atoms with Gasteiger partial charge in [0.05, 0.1) is 13.3 Å². The number of para-hydroxylation sites is 1. The lowest BCUT2D eigenvalue weighted by Gasteiger charge is -2.04. The third-order valence-corrected chi connectivity index (χ3v) is 3.64. The highest BCUT2D eigenvalue weighted by molar-refractivity contribution is 8.13. The van der Waals surface area contributed by atoms with Gasteiger partial charge in [0.2, 0.25) is 0 Å². The van der Waals surface area contributed by atoms with E-state index >= 15 is 0 Å². The molecule has 22 heavy (non-hydrogen) atoms. The highest BCUT2D eigenvalue weighted by Crippen LogP contribution is 2.20. The first-order valence-corrected chi connectivity index (χ1v) is 7.55. The fourth-order valence-corrected chi connectivity index (χ4v) is 2.36. The molecule has 0 aliphatic rings. The lowest BCUT2D eigenvalue weighted by Crippen LogP contribution is -2.06. The molecule has 0 atom stereocenters. The Labute approximate surface area is 132 Å². The Kier molecular flexibility index (Phi) is 5.97. The second kappa shape index (κ2) is 8.19. The Hall–Kier alpha value is -2.34. The molecule has 0 amide bonds. The number of ether oxygens (including phenoxy) is 1. The average Bonchev–Trinajstić information content (AvgIpc) is 2.54. The summed E-state index contributed by atoms with van der Waals surface area (Å²) in [6, 6.07) is 14.5. The van der Waals surface area contributed by atoms with E-state index in [9.17, 15) is 4.39 Å². The molecule has 0 fully saturated rings. The first kappa shape index (κ1) is 16.0. The van der Waals surface area contributed by atoms with E-state index in [-0.39, 0.29) is 5.75 Å². The SMILES string of the molecule is COc1c(F)cccc1C=NN=C(N)SCc1ccccc1. The van der Waals surface area contributed by atoms with Crippen LogP contribution in [-0.2, 0) is 5.75 Å². The molecule has 0 radical (unpaired) electrons. The Morgan fingerprint density at radius 1 is 1.23 bits per heavy atom. The summed E-state index contributed by atoms with van der Waals surface area (Å²) in [6.45, 7) is 0. The van der Waals surface area contributed by atoms with Crippen LogP contribution in [0.25, 0.3) is 0 Å². The van der Waals surface area contributed by atoms with Gasteiger partial charge in [0.15, 0.2) is 16.7 Å². The van der Waals surface area contributed by atoms with Crippen molar-refractivity contribution in [2.24, 2.45) is 15.9 Å². The maximum Gasteiger partial charge on any atom is 0.180 e. The third kappa shape index (κ3) is 4.60. The van der Waals surface area contributed by atoms with Crippen LogP contribution in [0.3, 0.4) is 0 Å². The van der Waals surface area contributed by atoms with E-state index < -0.39 is 5.82 Å². The average molecular weight is 317 g/mol. The summed E-state index contributed by atoms with van der Waals surface area (Å²) in [5.74, 6) is 0.411. The van der Waals surface area contributed by atoms with Crippen molar-refractivity contribution in [1.82, 2.24) is 0 Å². The van der Waals surface area contributed by atoms with Gasteiger partial charge in [-0.1, -0.05) is 48.2 Å². The van der Waals surface area contributed by atoms with Crippen molar-refractivity contribution in [3.8, 4) is 5.75 Å². The highest BCUT2D eigenvalue weighted by atomic mass is 32.2. The molecule has 114 valence electrons. The fourth-order valence-electron chi connectivity index (χ4n) is 1.75. The van der Waals surface area contributed by atoms with Gasteiger partial charge < -0.3 is 10.5 Å². The molecular weight excluding hydrogens is 301 g/mol. The number of nitrogens with zero attached hydrogens (tertiary/aromatic N) is 2. The molecule has 0 aliphatic carbocycles. The minimum Gasteiger partial charge on any atom is -0.493 e. The van der Waals surface area contributed by atoms with Crippen molar-refractivity contribution in [2.75, 3.05) is 7.11 Å². The van der Waals surface area contributed by atoms with Crippen LogP contribution in [0.5, 0.6) is 5.75 Å². The number of amidine groups is 1. The second-order valence-corrected chi connectivity index (χ2v) is 5.32. The zero-order chi connectivity index (χ0) is 15.8. The molecule has 0 bridgehead atoms. The van der Waals surface area contributed by atoms with Crippen LogP contribution in [0.1, 0.15) is 11.1 Å². The molecule has 0 aromatic heterocycles. The minimum atomic E-state index is -0.443. The van der Waals surface area contributed by atoms with Crippen molar-refractivity contribution in [2.45, 2.75) is 5.75 Å². The van der Waals surface area contributed by atoms with Crippen LogP contribution in [0.2, 0.25) is 0 Å². The molecule has 0 aliphatic heterocycles. The monoisotopic (exact) mass is 317 g/mol. The fraction of sp³-hybridized carbons (Fsp3) is 0.125. The number of halogens is 1. The normalized spacial score (nSPS) is 11.8. The minimum absolute atomic E-state index is 0.136. The Bertz CT molecular complexity index is 674. The number of nitrogens with two attached hydrogens (primary N) is 1. The number of thioether (sulfide) groups is 1. The van der Waals surface area contributed by atoms with Crippen molar-refractivity contribution in [1.29, 1.82) is 0 Å². The smallest absolute Gasteiger partial charge is 0.180 e. The maximum atomic E-state index is 13.5. The van der Waals surface area contributed by atoms with Crippen LogP contribution in [0, 0.1) is 5.82 Å². The van der Waals surface area contributed by atoms with E-state index in [1.54, 1.807) is 12.1 Å². The first-order valence-electron chi connectivity index (χ1n) is 6.56. The summed E-state index contributed by atoms with van der Waals surface area (Å²) in [5, 5.41) is 8.11. The summed E-state index contributed by atoms with van der Waals surface area (Å²) >= 11 is 1.39. The van der Waals surface area contributed by atoms with Crippen LogP contribution in [0.15, 0.2) is 58.7 Å². The molecule has 0 unspecified atom stereocenters. The van der Waals surface area contributed by atoms with Gasteiger partial charge >= 0.3 is 0 Å². The number of hydrogen-bond donors (Lipinski definition) is 1. The third-order valence-electron chi connectivity index (χ3n) is 2.78. The second-order valence-electron chi connectivity index (χ2n) is 4.32. The maximum absolute atomic E-state index is 13.5. The van der Waals surface area contributed by atoms with E-state index in [0.29, 0.717) is 10.7 Å². The topological polar surface area (TPSA) is 60.0 Å². The van der Waals surface area contributed by atoms with Crippen LogP contribution < -0.4 is 10.5 Å². The van der Waals surface area contributed by atoms with E-state index in [1.807, 2.05) is 30.3 Å². The Morgan fingerprint density at radius 2 is 2.00 bits per heavy atom. The standard InChI is InChI=1S/C16H16FN3OS/c1-21-15-13(8-5-9-14(15)17)10-19-20-16(18)22-11-12-6-3-2-4-7-12/h2-10H,11H2,1H3,(H2,18,20). The summed E-state index contributed by atoms with van der Waals surface area (Å²) in [7, 11) is 1.41. The number of benzene rings is 2. The summed E-state index contributed by atoms with van der Waals surface area (Å²) in [5.41, 5.74) is 7.44. The number of hydrogen-bond acceptors (Lipinski definition) is 4. The molecule has 0 saturated carbocycles. The van der Waals surface area contributed by atoms with Gasteiger partial charge in [-0.2, -0.15) is 5.10 Å². The molecule has 2 N–H and O–H groups in total. The molecule has 4 nitrogen and oxygen atoms in total. The van der Waals surface area contributed by atoms with Gasteiger partial charge in [0.25, 0.3) is 0 Å². The molecule has 0 heterocycles. The largest absolute Gasteiger partial charge is 0.493 e. The van der Waals surface area contributed by atoms with Gasteiger partial charge in [0, 0.05) is 11.3 Å². The molecule has 2 rings (SSSR count). The zero-order valence-electron chi connectivity index (χ0n) is 12.1. The molecule has 0 spiro atoms. The van der Waals surface area contributed by atoms with E-state index in [4.69, 9.17) is 10.5 Å². The first-order chi connectivity index (χ1) is 10.7. The summed E-state index contributed by atoms with van der Waals surface area (Å²) < 4.78 is 18.5. The lowest BCUT2D eigenvalue weighted by atomic mass is 10.2. The van der Waals surface area contributed by atoms with Gasteiger partial charge in [0.1, 0.15) is 0 Å². The van der Waals surface area contributed by atoms with Crippen molar-refractivity contribution < 1.29 is 9.13 Å². The van der Waals surface area contributed by atoms with Crippen molar-refractivity contribution in [3.63, 3.8) is 0 Å². The van der Waals surface area contributed by atoms with Gasteiger partial charge in [-0.15, -0.1) is 5.10 Å². The molecule has 0 saturated heterocycles. The van der Waals surface area contributed by atoms with E-state index in [2.05, 4.69) is 10.2 Å². The summed E-state index contributed by atoms with van der Waals surface area (Å²) in [6.07, 6.45) is 1.41. The van der Waals surface area contributed by atoms with Gasteiger partial charge in [-0.3, -0.25) is 0 Å². The molecule has 2 aromatic carbocycles. The molecular formula is C16H16FN3OS. The zero-order valence-corrected chi connectivity index (χ0v) is 12.9. The van der Waals surface area contributed by atoms with E-state index in [1.165, 1.54) is 31.2 Å². The van der Waals surface area contributed by atoms with Crippen LogP contribution in [0.4, 0.5) is 4.39 Å². The van der Waals surface area contributed by atoms with Gasteiger partial charge in [-0.05, 0) is 17.7 Å². The van der Waals surface area contributed by atoms with Crippen LogP contribution in [-0.4, -0.2) is 18.5 Å². The summed E-state index contributed by atoms with van der Waals surface area (Å²) in [4.78, 5) is 0. The van der Waals surface area contributed by atoms with Crippen molar-refractivity contribution >= 4 is 23.1 Å². The van der Waals surface area contributed by atoms with Crippen LogP contribution >= 0.6 is 11.8 Å². The Morgan fingerprint density at radius 3 is 2.73 bits per heavy atom.